The molecule has 2 rings (SSSR count). The fourth-order valence-electron chi connectivity index (χ4n) is 2.42. The molecule has 8 heteroatoms. The highest BCUT2D eigenvalue weighted by Crippen LogP contribution is 2.26. The van der Waals surface area contributed by atoms with E-state index in [2.05, 4.69) is 15.8 Å². The highest BCUT2D eigenvalue weighted by atomic mass is 16.5. The molecule has 0 aliphatic carbocycles. The van der Waals surface area contributed by atoms with Gasteiger partial charge in [0.2, 0.25) is 11.8 Å². The number of ether oxygens (including phenoxy) is 3. The van der Waals surface area contributed by atoms with Crippen LogP contribution in [0.5, 0.6) is 17.2 Å². The van der Waals surface area contributed by atoms with Crippen molar-refractivity contribution in [3.8, 4) is 17.2 Å². The van der Waals surface area contributed by atoms with Crippen LogP contribution in [-0.4, -0.2) is 38.9 Å². The molecule has 0 aromatic heterocycles. The number of nitrogens with one attached hydrogen (secondary N) is 2. The summed E-state index contributed by atoms with van der Waals surface area (Å²) in [5.74, 6) is 1.29. The zero-order valence-corrected chi connectivity index (χ0v) is 16.7. The largest absolute Gasteiger partial charge is 0.494 e. The Morgan fingerprint density at radius 3 is 2.31 bits per heavy atom. The van der Waals surface area contributed by atoms with Crippen molar-refractivity contribution in [2.45, 2.75) is 19.8 Å². The van der Waals surface area contributed by atoms with Crippen LogP contribution >= 0.6 is 0 Å². The van der Waals surface area contributed by atoms with E-state index >= 15 is 0 Å². The van der Waals surface area contributed by atoms with Gasteiger partial charge >= 0.3 is 0 Å². The van der Waals surface area contributed by atoms with Crippen LogP contribution in [0.4, 0.5) is 5.69 Å². The Bertz CT molecular complexity index is 850. The summed E-state index contributed by atoms with van der Waals surface area (Å²) in [6.45, 7) is 2.48. The van der Waals surface area contributed by atoms with Crippen molar-refractivity contribution in [2.24, 2.45) is 5.10 Å². The molecule has 0 saturated carbocycles. The van der Waals surface area contributed by atoms with Crippen LogP contribution in [-0.2, 0) is 9.59 Å². The zero-order chi connectivity index (χ0) is 21.1. The van der Waals surface area contributed by atoms with Gasteiger partial charge in [0.15, 0.2) is 11.5 Å². The van der Waals surface area contributed by atoms with Crippen molar-refractivity contribution in [1.82, 2.24) is 5.43 Å². The number of methoxy groups -OCH3 is 2. The Kier molecular flexibility index (Phi) is 8.50. The van der Waals surface area contributed by atoms with E-state index in [1.165, 1.54) is 6.21 Å². The number of hydrogen-bond acceptors (Lipinski definition) is 6. The first-order valence-electron chi connectivity index (χ1n) is 9.12. The Morgan fingerprint density at radius 1 is 0.966 bits per heavy atom. The Balaban J connectivity index is 1.76. The predicted octanol–water partition coefficient (Wildman–Crippen LogP) is 2.97. The van der Waals surface area contributed by atoms with E-state index < -0.39 is 0 Å². The van der Waals surface area contributed by atoms with Gasteiger partial charge in [-0.25, -0.2) is 5.43 Å². The van der Waals surface area contributed by atoms with Gasteiger partial charge in [-0.15, -0.1) is 0 Å². The first-order valence-corrected chi connectivity index (χ1v) is 9.12. The van der Waals surface area contributed by atoms with Gasteiger partial charge in [-0.1, -0.05) is 0 Å². The van der Waals surface area contributed by atoms with E-state index in [-0.39, 0.29) is 24.7 Å². The number of hydrazone groups is 1. The highest BCUT2D eigenvalue weighted by molar-refractivity contribution is 5.93. The van der Waals surface area contributed by atoms with E-state index in [1.807, 2.05) is 6.92 Å². The normalized spacial score (nSPS) is 10.4. The lowest BCUT2D eigenvalue weighted by atomic mass is 10.2. The maximum absolute atomic E-state index is 12.0. The molecule has 2 N–H and O–H groups in total. The van der Waals surface area contributed by atoms with E-state index in [4.69, 9.17) is 14.2 Å². The molecule has 2 aromatic rings. The maximum atomic E-state index is 12.0. The predicted molar refractivity (Wildman–Crippen MR) is 111 cm³/mol. The van der Waals surface area contributed by atoms with Crippen LogP contribution in [0.15, 0.2) is 47.6 Å². The fraction of sp³-hybridized carbons (Fsp3) is 0.286. The number of carbonyl (C=O) groups excluding carboxylic acids is 2. The quantitative estimate of drug-likeness (QED) is 0.473. The van der Waals surface area contributed by atoms with E-state index in [0.717, 1.165) is 11.3 Å². The number of benzene rings is 2. The second kappa shape index (κ2) is 11.3. The standard InChI is InChI=1S/C21H25N3O5/c1-4-29-17-8-6-16(7-9-17)23-20(25)11-12-21(26)24-22-14-15-5-10-18(27-2)19(13-15)28-3/h5-10,13-14H,4,11-12H2,1-3H3,(H,23,25)(H,24,26). The van der Waals surface area contributed by atoms with Gasteiger partial charge in [-0.05, 0) is 55.0 Å². The third kappa shape index (κ3) is 7.17. The lowest BCUT2D eigenvalue weighted by Gasteiger charge is -2.07. The molecule has 29 heavy (non-hydrogen) atoms. The van der Waals surface area contributed by atoms with Crippen molar-refractivity contribution < 1.29 is 23.8 Å². The van der Waals surface area contributed by atoms with Crippen molar-refractivity contribution >= 4 is 23.7 Å². The van der Waals surface area contributed by atoms with Crippen molar-refractivity contribution in [2.75, 3.05) is 26.1 Å². The van der Waals surface area contributed by atoms with Crippen LogP contribution < -0.4 is 25.0 Å². The molecule has 0 aliphatic heterocycles. The van der Waals surface area contributed by atoms with Crippen LogP contribution in [0.3, 0.4) is 0 Å². The smallest absolute Gasteiger partial charge is 0.240 e. The molecule has 2 amide bonds. The molecule has 0 saturated heterocycles. The van der Waals surface area contributed by atoms with E-state index in [0.29, 0.717) is 23.8 Å². The first-order chi connectivity index (χ1) is 14.0. The Morgan fingerprint density at radius 2 is 1.66 bits per heavy atom. The molecule has 8 nitrogen and oxygen atoms in total. The molecule has 0 spiro atoms. The van der Waals surface area contributed by atoms with E-state index in [9.17, 15) is 9.59 Å². The number of rotatable bonds is 10. The highest BCUT2D eigenvalue weighted by Gasteiger charge is 2.07. The monoisotopic (exact) mass is 399 g/mol. The van der Waals surface area contributed by atoms with Crippen molar-refractivity contribution in [3.63, 3.8) is 0 Å². The summed E-state index contributed by atoms with van der Waals surface area (Å²) in [6, 6.07) is 12.3. The summed E-state index contributed by atoms with van der Waals surface area (Å²) >= 11 is 0. The minimum absolute atomic E-state index is 0.0200. The third-order valence-corrected chi connectivity index (χ3v) is 3.84. The van der Waals surface area contributed by atoms with Crippen LogP contribution in [0.2, 0.25) is 0 Å². The number of amides is 2. The van der Waals surface area contributed by atoms with Gasteiger partial charge in [0.05, 0.1) is 27.0 Å². The van der Waals surface area contributed by atoms with Gasteiger partial charge in [0.25, 0.3) is 0 Å². The average Bonchev–Trinajstić information content (AvgIpc) is 2.73. The summed E-state index contributed by atoms with van der Waals surface area (Å²) in [7, 11) is 3.09. The molecule has 0 fully saturated rings. The Hall–Kier alpha value is -3.55. The second-order valence-electron chi connectivity index (χ2n) is 5.91. The average molecular weight is 399 g/mol. The number of anilines is 1. The summed E-state index contributed by atoms with van der Waals surface area (Å²) in [5.41, 5.74) is 3.78. The van der Waals surface area contributed by atoms with Gasteiger partial charge in [0, 0.05) is 18.5 Å². The lowest BCUT2D eigenvalue weighted by Crippen LogP contribution is -2.20. The van der Waals surface area contributed by atoms with Gasteiger partial charge < -0.3 is 19.5 Å². The summed E-state index contributed by atoms with van der Waals surface area (Å²) < 4.78 is 15.7. The molecule has 0 unspecified atom stereocenters. The lowest BCUT2D eigenvalue weighted by molar-refractivity contribution is -0.124. The van der Waals surface area contributed by atoms with E-state index in [1.54, 1.807) is 56.7 Å². The number of hydrogen-bond donors (Lipinski definition) is 2. The minimum atomic E-state index is -0.358. The molecule has 0 heterocycles. The summed E-state index contributed by atoms with van der Waals surface area (Å²) in [6.07, 6.45) is 1.55. The van der Waals surface area contributed by atoms with Crippen molar-refractivity contribution in [3.05, 3.63) is 48.0 Å². The van der Waals surface area contributed by atoms with Gasteiger partial charge in [0.1, 0.15) is 5.75 Å². The Labute approximate surface area is 169 Å². The topological polar surface area (TPSA) is 98.2 Å². The molecule has 0 bridgehead atoms. The maximum Gasteiger partial charge on any atom is 0.240 e. The van der Waals surface area contributed by atoms with Crippen LogP contribution in [0.25, 0.3) is 0 Å². The van der Waals surface area contributed by atoms with Crippen LogP contribution in [0, 0.1) is 0 Å². The molecule has 0 aliphatic rings. The van der Waals surface area contributed by atoms with Gasteiger partial charge in [-0.2, -0.15) is 5.10 Å². The third-order valence-electron chi connectivity index (χ3n) is 3.84. The van der Waals surface area contributed by atoms with Crippen molar-refractivity contribution in [1.29, 1.82) is 0 Å². The molecule has 0 radical (unpaired) electrons. The summed E-state index contributed by atoms with van der Waals surface area (Å²) in [4.78, 5) is 23.8. The number of nitrogens with zero attached hydrogens (tertiary/aromatic N) is 1. The summed E-state index contributed by atoms with van der Waals surface area (Å²) in [5, 5.41) is 6.63. The first kappa shape index (κ1) is 21.7. The van der Waals surface area contributed by atoms with Gasteiger partial charge in [-0.3, -0.25) is 9.59 Å². The fourth-order valence-corrected chi connectivity index (χ4v) is 2.42. The molecular weight excluding hydrogens is 374 g/mol. The molecule has 2 aromatic carbocycles. The minimum Gasteiger partial charge on any atom is -0.494 e. The molecule has 154 valence electrons. The SMILES string of the molecule is CCOc1ccc(NC(=O)CCC(=O)NN=Cc2ccc(OC)c(OC)c2)cc1. The molecule has 0 atom stereocenters. The zero-order valence-electron chi connectivity index (χ0n) is 16.7. The van der Waals surface area contributed by atoms with Crippen LogP contribution in [0.1, 0.15) is 25.3 Å². The second-order valence-corrected chi connectivity index (χ2v) is 5.91. The molecular formula is C21H25N3O5. The number of carbonyl (C=O) groups is 2.